The minimum atomic E-state index is -4.08. The average Bonchev–Trinajstić information content (AvgIpc) is 2.78. The van der Waals surface area contributed by atoms with Crippen LogP contribution >= 0.6 is 23.2 Å². The van der Waals surface area contributed by atoms with Gasteiger partial charge in [0.15, 0.2) is 0 Å². The van der Waals surface area contributed by atoms with Gasteiger partial charge in [-0.15, -0.1) is 0 Å². The van der Waals surface area contributed by atoms with Crippen molar-refractivity contribution < 1.29 is 17.9 Å². The first kappa shape index (κ1) is 23.9. The first-order valence-electron chi connectivity index (χ1n) is 9.65. The maximum absolute atomic E-state index is 13.4. The predicted molar refractivity (Wildman–Crippen MR) is 127 cm³/mol. The van der Waals surface area contributed by atoms with Crippen LogP contribution in [-0.4, -0.2) is 28.0 Å². The number of ether oxygens (including phenoxy) is 1. The summed E-state index contributed by atoms with van der Waals surface area (Å²) in [5.41, 5.74) is 1.88. The van der Waals surface area contributed by atoms with Crippen LogP contribution in [0.4, 0.5) is 5.69 Å². The first-order chi connectivity index (χ1) is 15.2. The van der Waals surface area contributed by atoms with Gasteiger partial charge in [0, 0.05) is 6.54 Å². The Labute approximate surface area is 197 Å². The van der Waals surface area contributed by atoms with Crippen molar-refractivity contribution in [1.82, 2.24) is 5.32 Å². The van der Waals surface area contributed by atoms with Gasteiger partial charge in [0.05, 0.1) is 27.7 Å². The summed E-state index contributed by atoms with van der Waals surface area (Å²) < 4.78 is 32.9. The first-order valence-corrected chi connectivity index (χ1v) is 11.8. The number of carbonyl (C=O) groups excluding carboxylic acids is 1. The van der Waals surface area contributed by atoms with Gasteiger partial charge in [0.1, 0.15) is 12.3 Å². The number of methoxy groups -OCH3 is 1. The Morgan fingerprint density at radius 1 is 1.00 bits per heavy atom. The smallest absolute Gasteiger partial charge is 0.264 e. The monoisotopic (exact) mass is 492 g/mol. The maximum atomic E-state index is 13.4. The molecule has 0 atom stereocenters. The molecule has 0 aliphatic rings. The Morgan fingerprint density at radius 2 is 1.66 bits per heavy atom. The summed E-state index contributed by atoms with van der Waals surface area (Å²) >= 11 is 12.4. The van der Waals surface area contributed by atoms with Gasteiger partial charge in [0.25, 0.3) is 10.0 Å². The molecule has 0 aliphatic carbocycles. The molecule has 32 heavy (non-hydrogen) atoms. The van der Waals surface area contributed by atoms with Crippen LogP contribution in [0, 0.1) is 6.92 Å². The van der Waals surface area contributed by atoms with Crippen molar-refractivity contribution in [3.63, 3.8) is 0 Å². The largest absolute Gasteiger partial charge is 0.497 e. The van der Waals surface area contributed by atoms with E-state index in [-0.39, 0.29) is 27.2 Å². The van der Waals surface area contributed by atoms with Crippen LogP contribution in [0.3, 0.4) is 0 Å². The highest BCUT2D eigenvalue weighted by atomic mass is 35.5. The van der Waals surface area contributed by atoms with Crippen LogP contribution in [0.15, 0.2) is 71.6 Å². The zero-order valence-corrected chi connectivity index (χ0v) is 19.8. The molecule has 3 aromatic carbocycles. The fourth-order valence-corrected chi connectivity index (χ4v) is 4.83. The Morgan fingerprint density at radius 3 is 2.28 bits per heavy atom. The number of rotatable bonds is 8. The van der Waals surface area contributed by atoms with Crippen molar-refractivity contribution >= 4 is 44.8 Å². The molecule has 6 nitrogen and oxygen atoms in total. The van der Waals surface area contributed by atoms with Crippen molar-refractivity contribution in [2.45, 2.75) is 18.4 Å². The maximum Gasteiger partial charge on any atom is 0.264 e. The molecule has 0 unspecified atom stereocenters. The summed E-state index contributed by atoms with van der Waals surface area (Å²) in [6.45, 7) is 1.62. The molecule has 0 fully saturated rings. The molecule has 1 amide bonds. The van der Waals surface area contributed by atoms with E-state index in [1.54, 1.807) is 43.5 Å². The number of aryl methyl sites for hydroxylation is 1. The van der Waals surface area contributed by atoms with Crippen molar-refractivity contribution in [2.75, 3.05) is 18.0 Å². The lowest BCUT2D eigenvalue weighted by molar-refractivity contribution is -0.119. The lowest BCUT2D eigenvalue weighted by Gasteiger charge is -2.25. The number of amides is 1. The number of anilines is 1. The summed E-state index contributed by atoms with van der Waals surface area (Å²) in [5, 5.41) is 2.98. The van der Waals surface area contributed by atoms with E-state index >= 15 is 0 Å². The minimum absolute atomic E-state index is 0.0436. The van der Waals surface area contributed by atoms with Gasteiger partial charge < -0.3 is 10.1 Å². The molecule has 0 bridgehead atoms. The molecule has 0 saturated carbocycles. The molecule has 0 heterocycles. The zero-order valence-electron chi connectivity index (χ0n) is 17.5. The van der Waals surface area contributed by atoms with Crippen LogP contribution in [0.25, 0.3) is 0 Å². The summed E-state index contributed by atoms with van der Waals surface area (Å²) in [5.74, 6) is 0.207. The third-order valence-corrected chi connectivity index (χ3v) is 7.33. The summed E-state index contributed by atoms with van der Waals surface area (Å²) in [7, 11) is -2.51. The van der Waals surface area contributed by atoms with E-state index in [1.165, 1.54) is 18.2 Å². The van der Waals surface area contributed by atoms with Crippen LogP contribution < -0.4 is 14.4 Å². The minimum Gasteiger partial charge on any atom is -0.497 e. The van der Waals surface area contributed by atoms with Crippen molar-refractivity contribution in [2.24, 2.45) is 0 Å². The Hall–Kier alpha value is -2.74. The average molecular weight is 493 g/mol. The summed E-state index contributed by atoms with van der Waals surface area (Å²) in [6, 6.07) is 18.2. The van der Waals surface area contributed by atoms with E-state index in [0.29, 0.717) is 5.75 Å². The Bertz CT molecular complexity index is 1200. The number of nitrogens with zero attached hydrogens (tertiary/aromatic N) is 1. The number of benzene rings is 3. The topological polar surface area (TPSA) is 75.7 Å². The second-order valence-corrected chi connectivity index (χ2v) is 9.67. The van der Waals surface area contributed by atoms with Crippen molar-refractivity contribution in [1.29, 1.82) is 0 Å². The third kappa shape index (κ3) is 5.54. The molecule has 0 saturated heterocycles. The highest BCUT2D eigenvalue weighted by Crippen LogP contribution is 2.35. The third-order valence-electron chi connectivity index (χ3n) is 4.74. The standard InChI is InChI=1S/C23H22Cl2N2O4S/c1-16-6-12-19(13-7-16)32(29,30)27(21-5-3-4-20(24)23(21)25)15-22(28)26-14-17-8-10-18(31-2)11-9-17/h3-13H,14-15H2,1-2H3,(H,26,28). The van der Waals surface area contributed by atoms with Gasteiger partial charge in [-0.3, -0.25) is 9.10 Å². The van der Waals surface area contributed by atoms with Crippen molar-refractivity contribution in [3.05, 3.63) is 87.9 Å². The fourth-order valence-electron chi connectivity index (χ4n) is 2.95. The van der Waals surface area contributed by atoms with Crippen LogP contribution in [0.5, 0.6) is 5.75 Å². The van der Waals surface area contributed by atoms with Gasteiger partial charge in [-0.1, -0.05) is 59.1 Å². The predicted octanol–water partition coefficient (Wildman–Crippen LogP) is 4.82. The molecule has 168 valence electrons. The summed E-state index contributed by atoms with van der Waals surface area (Å²) in [6.07, 6.45) is 0. The molecule has 3 aromatic rings. The van der Waals surface area contributed by atoms with Crippen LogP contribution in [0.2, 0.25) is 10.0 Å². The van der Waals surface area contributed by atoms with Crippen molar-refractivity contribution in [3.8, 4) is 5.75 Å². The lowest BCUT2D eigenvalue weighted by atomic mass is 10.2. The fraction of sp³-hybridized carbons (Fsp3) is 0.174. The SMILES string of the molecule is COc1ccc(CNC(=O)CN(c2cccc(Cl)c2Cl)S(=O)(=O)c2ccc(C)cc2)cc1. The highest BCUT2D eigenvalue weighted by molar-refractivity contribution is 7.92. The number of hydrogen-bond acceptors (Lipinski definition) is 4. The lowest BCUT2D eigenvalue weighted by Crippen LogP contribution is -2.40. The van der Waals surface area contributed by atoms with Gasteiger partial charge >= 0.3 is 0 Å². The molecular formula is C23H22Cl2N2O4S. The number of sulfonamides is 1. The Balaban J connectivity index is 1.87. The quantitative estimate of drug-likeness (QED) is 0.488. The molecule has 0 aromatic heterocycles. The molecule has 0 spiro atoms. The van der Waals surface area contributed by atoms with Gasteiger partial charge in [-0.05, 0) is 48.9 Å². The van der Waals surface area contributed by atoms with Gasteiger partial charge in [0.2, 0.25) is 5.91 Å². The number of hydrogen-bond donors (Lipinski definition) is 1. The van der Waals surface area contributed by atoms with E-state index in [2.05, 4.69) is 5.32 Å². The number of nitrogens with one attached hydrogen (secondary N) is 1. The van der Waals surface area contributed by atoms with Gasteiger partial charge in [-0.2, -0.15) is 0 Å². The molecular weight excluding hydrogens is 471 g/mol. The van der Waals surface area contributed by atoms with Crippen LogP contribution in [-0.2, 0) is 21.4 Å². The van der Waals surface area contributed by atoms with E-state index in [4.69, 9.17) is 27.9 Å². The summed E-state index contributed by atoms with van der Waals surface area (Å²) in [4.78, 5) is 12.8. The number of carbonyl (C=O) groups is 1. The Kier molecular flexibility index (Phi) is 7.66. The van der Waals surface area contributed by atoms with Gasteiger partial charge in [-0.25, -0.2) is 8.42 Å². The zero-order chi connectivity index (χ0) is 23.3. The van der Waals surface area contributed by atoms with E-state index in [0.717, 1.165) is 15.4 Å². The highest BCUT2D eigenvalue weighted by Gasteiger charge is 2.29. The molecule has 1 N–H and O–H groups in total. The molecule has 3 rings (SSSR count). The molecule has 9 heteroatoms. The van der Waals surface area contributed by atoms with E-state index < -0.39 is 22.5 Å². The second kappa shape index (κ2) is 10.3. The molecule has 0 radical (unpaired) electrons. The second-order valence-electron chi connectivity index (χ2n) is 7.02. The van der Waals surface area contributed by atoms with E-state index in [9.17, 15) is 13.2 Å². The number of halogens is 2. The molecule has 0 aliphatic heterocycles. The van der Waals surface area contributed by atoms with Crippen LogP contribution in [0.1, 0.15) is 11.1 Å². The van der Waals surface area contributed by atoms with E-state index in [1.807, 2.05) is 19.1 Å². The normalized spacial score (nSPS) is 11.1.